The van der Waals surface area contributed by atoms with Gasteiger partial charge in [-0.1, -0.05) is 106 Å². The van der Waals surface area contributed by atoms with Gasteiger partial charge >= 0.3 is 6.30 Å². The number of ether oxygens (including phenoxy) is 1. The molecule has 0 aromatic heterocycles. The summed E-state index contributed by atoms with van der Waals surface area (Å²) < 4.78 is 27.4. The minimum absolute atomic E-state index is 0.0798. The maximum Gasteiger partial charge on any atom is 0.396 e. The largest absolute Gasteiger partial charge is 0.396 e. The van der Waals surface area contributed by atoms with Crippen LogP contribution in [-0.2, 0) is 18.3 Å². The topological polar surface area (TPSA) is 65.0 Å². The fourth-order valence-corrected chi connectivity index (χ4v) is 4.96. The Kier molecular flexibility index (Phi) is 23.0. The van der Waals surface area contributed by atoms with Gasteiger partial charge < -0.3 is 9.84 Å². The Labute approximate surface area is 195 Å². The van der Waals surface area contributed by atoms with Crippen LogP contribution >= 0.6 is 37.7 Å². The second kappa shape index (κ2) is 22.2. The average Bonchev–Trinajstić information content (AvgIpc) is 2.70. The predicted octanol–water partition coefficient (Wildman–Crippen LogP) is 7.78. The minimum atomic E-state index is -3.27. The quantitative estimate of drug-likeness (QED) is 0.0778. The number of halogens is 2. The van der Waals surface area contributed by atoms with Crippen LogP contribution in [0.5, 0.6) is 0 Å². The van der Waals surface area contributed by atoms with Gasteiger partial charge in [-0.15, -0.1) is 0 Å². The molecule has 0 radical (unpaired) electrons. The van der Waals surface area contributed by atoms with Crippen LogP contribution in [0.4, 0.5) is 0 Å². The van der Waals surface area contributed by atoms with Crippen LogP contribution in [0.1, 0.15) is 96.8 Å². The molecule has 0 saturated carbocycles. The fraction of sp³-hybridized carbons (Fsp3) is 1.00. The molecule has 0 fully saturated rings. The molecule has 29 heavy (non-hydrogen) atoms. The molecule has 8 heteroatoms. The molecule has 1 N–H and O–H groups in total. The van der Waals surface area contributed by atoms with Gasteiger partial charge in [0.25, 0.3) is 0 Å². The van der Waals surface area contributed by atoms with Gasteiger partial charge in [-0.25, -0.2) is 4.57 Å². The number of aliphatic hydroxyl groups excluding tert-OH is 1. The van der Waals surface area contributed by atoms with Crippen molar-refractivity contribution in [3.63, 3.8) is 0 Å². The number of alkyl halides is 1. The Hall–Kier alpha value is 1.03. The standard InChI is InChI=1S/C21H43Br2O5P/c1-2-3-4-5-6-7-8-9-10-11-12-13-14-15-17-26-19-21(24)20-28-29(23,25)27-18-16-22/h21,24H,2-20H2,1H3/t21-,29?/m1/s1. The zero-order valence-corrected chi connectivity index (χ0v) is 22.4. The Morgan fingerprint density at radius 2 is 1.24 bits per heavy atom. The van der Waals surface area contributed by atoms with Crippen LogP contribution in [0.3, 0.4) is 0 Å². The van der Waals surface area contributed by atoms with E-state index in [2.05, 4.69) is 38.3 Å². The monoisotopic (exact) mass is 564 g/mol. The summed E-state index contributed by atoms with van der Waals surface area (Å²) in [6.07, 6.45) is 14.6. The first-order chi connectivity index (χ1) is 14.0. The highest BCUT2D eigenvalue weighted by molar-refractivity contribution is 9.39. The van der Waals surface area contributed by atoms with Crippen molar-refractivity contribution >= 4 is 37.7 Å². The zero-order chi connectivity index (χ0) is 21.6. The fourth-order valence-electron chi connectivity index (χ4n) is 3.02. The molecular weight excluding hydrogens is 523 g/mol. The molecule has 0 amide bonds. The lowest BCUT2D eigenvalue weighted by atomic mass is 10.0. The van der Waals surface area contributed by atoms with Crippen LogP contribution in [0.25, 0.3) is 0 Å². The van der Waals surface area contributed by atoms with Crippen LogP contribution in [-0.4, -0.2) is 43.0 Å². The van der Waals surface area contributed by atoms with Crippen molar-refractivity contribution < 1.29 is 23.5 Å². The molecule has 1 unspecified atom stereocenters. The van der Waals surface area contributed by atoms with Crippen molar-refractivity contribution in [2.75, 3.05) is 31.8 Å². The number of hydrogen-bond donors (Lipinski definition) is 1. The van der Waals surface area contributed by atoms with Crippen molar-refractivity contribution in [1.29, 1.82) is 0 Å². The van der Waals surface area contributed by atoms with E-state index in [-0.39, 0.29) is 19.8 Å². The second-order valence-electron chi connectivity index (χ2n) is 7.57. The van der Waals surface area contributed by atoms with E-state index in [1.54, 1.807) is 0 Å². The van der Waals surface area contributed by atoms with Crippen LogP contribution in [0.15, 0.2) is 0 Å². The number of unbranched alkanes of at least 4 members (excludes halogenated alkanes) is 13. The molecule has 0 bridgehead atoms. The molecule has 0 aliphatic heterocycles. The van der Waals surface area contributed by atoms with E-state index in [9.17, 15) is 9.67 Å². The van der Waals surface area contributed by atoms with Crippen molar-refractivity contribution in [1.82, 2.24) is 0 Å². The van der Waals surface area contributed by atoms with Gasteiger partial charge in [-0.05, 0) is 6.42 Å². The molecule has 0 heterocycles. The number of hydrogen-bond acceptors (Lipinski definition) is 5. The molecular formula is C21H43Br2O5P. The van der Waals surface area contributed by atoms with E-state index >= 15 is 0 Å². The predicted molar refractivity (Wildman–Crippen MR) is 129 cm³/mol. The maximum atomic E-state index is 11.8. The van der Waals surface area contributed by atoms with Crippen molar-refractivity contribution in [2.45, 2.75) is 103 Å². The van der Waals surface area contributed by atoms with E-state index < -0.39 is 12.4 Å². The summed E-state index contributed by atoms with van der Waals surface area (Å²) >= 11 is 6.08. The molecule has 2 atom stereocenters. The summed E-state index contributed by atoms with van der Waals surface area (Å²) in [6.45, 7) is 3.28. The molecule has 0 aliphatic carbocycles. The van der Waals surface area contributed by atoms with E-state index in [4.69, 9.17) is 13.8 Å². The average molecular weight is 566 g/mol. The Bertz CT molecular complexity index is 388. The van der Waals surface area contributed by atoms with Crippen LogP contribution < -0.4 is 0 Å². The van der Waals surface area contributed by atoms with Crippen LogP contribution in [0.2, 0.25) is 0 Å². The summed E-state index contributed by atoms with van der Waals surface area (Å²) in [7, 11) is 0. The van der Waals surface area contributed by atoms with E-state index in [1.807, 2.05) is 0 Å². The Morgan fingerprint density at radius 3 is 1.72 bits per heavy atom. The SMILES string of the molecule is CCCCCCCCCCCCCCCCOC[C@@H](O)COP(=O)(Br)OCCBr. The number of rotatable bonds is 23. The summed E-state index contributed by atoms with van der Waals surface area (Å²) in [6, 6.07) is 0. The molecule has 0 saturated heterocycles. The first kappa shape index (κ1) is 30.0. The molecule has 0 aliphatic rings. The number of aliphatic hydroxyl groups is 1. The third-order valence-electron chi connectivity index (χ3n) is 4.70. The summed E-state index contributed by atoms with van der Waals surface area (Å²) in [5, 5.41) is 10.4. The van der Waals surface area contributed by atoms with E-state index in [0.29, 0.717) is 11.9 Å². The van der Waals surface area contributed by atoms with Crippen molar-refractivity contribution in [3.05, 3.63) is 0 Å². The van der Waals surface area contributed by atoms with Crippen LogP contribution in [0, 0.1) is 0 Å². The van der Waals surface area contributed by atoms with E-state index in [1.165, 1.54) is 83.5 Å². The van der Waals surface area contributed by atoms with Gasteiger partial charge in [0.1, 0.15) is 6.10 Å². The lowest BCUT2D eigenvalue weighted by Gasteiger charge is -2.15. The highest BCUT2D eigenvalue weighted by atomic mass is 79.9. The van der Waals surface area contributed by atoms with E-state index in [0.717, 1.165) is 6.42 Å². The first-order valence-corrected chi connectivity index (χ1v) is 16.1. The lowest BCUT2D eigenvalue weighted by molar-refractivity contribution is 0.00897. The Balaban J connectivity index is 3.27. The van der Waals surface area contributed by atoms with Gasteiger partial charge in [0.15, 0.2) is 0 Å². The zero-order valence-electron chi connectivity index (χ0n) is 18.3. The maximum absolute atomic E-state index is 11.8. The van der Waals surface area contributed by atoms with Gasteiger partial charge in [-0.3, -0.25) is 9.05 Å². The third-order valence-corrected chi connectivity index (χ3v) is 7.20. The molecule has 0 rings (SSSR count). The minimum Gasteiger partial charge on any atom is -0.388 e. The highest BCUT2D eigenvalue weighted by Gasteiger charge is 2.21. The summed E-state index contributed by atoms with van der Waals surface area (Å²) in [5.41, 5.74) is 0. The van der Waals surface area contributed by atoms with Gasteiger partial charge in [0.2, 0.25) is 0 Å². The molecule has 0 aromatic rings. The Morgan fingerprint density at radius 1 is 0.759 bits per heavy atom. The highest BCUT2D eigenvalue weighted by Crippen LogP contribution is 2.56. The summed E-state index contributed by atoms with van der Waals surface area (Å²) in [4.78, 5) is 0. The normalized spacial score (nSPS) is 14.8. The smallest absolute Gasteiger partial charge is 0.388 e. The molecule has 176 valence electrons. The molecule has 5 nitrogen and oxygen atoms in total. The molecule has 0 spiro atoms. The second-order valence-corrected chi connectivity index (χ2v) is 12.4. The van der Waals surface area contributed by atoms with Gasteiger partial charge in [-0.2, -0.15) is 0 Å². The van der Waals surface area contributed by atoms with Crippen molar-refractivity contribution in [2.24, 2.45) is 0 Å². The van der Waals surface area contributed by atoms with Gasteiger partial charge in [0, 0.05) is 27.4 Å². The van der Waals surface area contributed by atoms with Crippen molar-refractivity contribution in [3.8, 4) is 0 Å². The molecule has 0 aromatic carbocycles. The van der Waals surface area contributed by atoms with Gasteiger partial charge in [0.05, 0.1) is 19.8 Å². The first-order valence-electron chi connectivity index (χ1n) is 11.4. The third kappa shape index (κ3) is 23.5. The lowest BCUT2D eigenvalue weighted by Crippen LogP contribution is -2.21. The summed E-state index contributed by atoms with van der Waals surface area (Å²) in [5.74, 6) is 0.